The minimum atomic E-state index is -1.84. The van der Waals surface area contributed by atoms with E-state index in [4.69, 9.17) is 9.72 Å². The van der Waals surface area contributed by atoms with Crippen molar-refractivity contribution in [2.24, 2.45) is 0 Å². The van der Waals surface area contributed by atoms with E-state index in [1.165, 1.54) is 0 Å². The first-order valence-electron chi connectivity index (χ1n) is 11.9. The van der Waals surface area contributed by atoms with Crippen molar-refractivity contribution in [3.8, 4) is 0 Å². The lowest BCUT2D eigenvalue weighted by Crippen LogP contribution is -2.43. The molecule has 0 fully saturated rings. The molecule has 0 amide bonds. The molecule has 0 saturated carbocycles. The number of pyridine rings is 2. The fraction of sp³-hybridized carbons (Fsp3) is 0.385. The average molecular weight is 459 g/mol. The summed E-state index contributed by atoms with van der Waals surface area (Å²) >= 11 is 0. The molecule has 0 bridgehead atoms. The van der Waals surface area contributed by atoms with Crippen LogP contribution in [-0.4, -0.2) is 30.0 Å². The molecule has 1 N–H and O–H groups in total. The van der Waals surface area contributed by atoms with Crippen molar-refractivity contribution in [3.05, 3.63) is 50.8 Å². The number of carbonyl (C=O) groups is 1. The van der Waals surface area contributed by atoms with Gasteiger partial charge in [-0.25, -0.2) is 14.8 Å². The SMILES string of the molecule is CCCCCn1cnc2c3c(nc4c(cn5c(=O)c6c(cc45)[C@@](O)(CC)C(=O)OC6)c31)=CCC=2. The second-order valence-corrected chi connectivity index (χ2v) is 9.17. The highest BCUT2D eigenvalue weighted by Crippen LogP contribution is 2.35. The molecule has 0 saturated heterocycles. The summed E-state index contributed by atoms with van der Waals surface area (Å²) in [6.07, 6.45) is 12.0. The van der Waals surface area contributed by atoms with E-state index in [9.17, 15) is 14.7 Å². The number of esters is 1. The van der Waals surface area contributed by atoms with E-state index in [2.05, 4.69) is 28.6 Å². The van der Waals surface area contributed by atoms with Gasteiger partial charge in [-0.2, -0.15) is 0 Å². The zero-order chi connectivity index (χ0) is 23.6. The van der Waals surface area contributed by atoms with Crippen LogP contribution in [-0.2, 0) is 28.3 Å². The number of aromatic nitrogens is 4. The van der Waals surface area contributed by atoms with Crippen LogP contribution in [0.4, 0.5) is 0 Å². The fourth-order valence-corrected chi connectivity index (χ4v) is 5.33. The third kappa shape index (κ3) is 2.75. The summed E-state index contributed by atoms with van der Waals surface area (Å²) < 4.78 is 8.92. The Hall–Kier alpha value is -3.52. The van der Waals surface area contributed by atoms with E-state index in [1.807, 2.05) is 12.5 Å². The van der Waals surface area contributed by atoms with Gasteiger partial charge in [0.05, 0.1) is 39.1 Å². The Kier molecular flexibility index (Phi) is 4.64. The number of nitrogens with zero attached hydrogens (tertiary/aromatic N) is 4. The van der Waals surface area contributed by atoms with Crippen LogP contribution >= 0.6 is 0 Å². The topological polar surface area (TPSA) is 98.7 Å². The van der Waals surface area contributed by atoms with Gasteiger partial charge < -0.3 is 14.4 Å². The third-order valence-electron chi connectivity index (χ3n) is 7.23. The summed E-state index contributed by atoms with van der Waals surface area (Å²) in [5.74, 6) is -0.719. The molecule has 2 aliphatic rings. The Morgan fingerprint density at radius 1 is 1.18 bits per heavy atom. The predicted molar refractivity (Wildman–Crippen MR) is 129 cm³/mol. The lowest BCUT2D eigenvalue weighted by molar-refractivity contribution is -0.172. The number of ether oxygens (including phenoxy) is 1. The van der Waals surface area contributed by atoms with Gasteiger partial charge in [0.15, 0.2) is 5.60 Å². The van der Waals surface area contributed by atoms with Crippen LogP contribution in [0.2, 0.25) is 0 Å². The van der Waals surface area contributed by atoms with Crippen LogP contribution in [0.1, 0.15) is 57.1 Å². The molecule has 34 heavy (non-hydrogen) atoms. The van der Waals surface area contributed by atoms with Gasteiger partial charge in [-0.15, -0.1) is 0 Å². The molecule has 1 aliphatic carbocycles. The minimum absolute atomic E-state index is 0.116. The molecule has 6 rings (SSSR count). The minimum Gasteiger partial charge on any atom is -0.458 e. The number of cyclic esters (lactones) is 1. The highest BCUT2D eigenvalue weighted by atomic mass is 16.6. The predicted octanol–water partition coefficient (Wildman–Crippen LogP) is 2.01. The third-order valence-corrected chi connectivity index (χ3v) is 7.23. The van der Waals surface area contributed by atoms with Gasteiger partial charge in [-0.1, -0.05) is 38.8 Å². The fourth-order valence-electron chi connectivity index (χ4n) is 5.33. The first-order chi connectivity index (χ1) is 16.5. The lowest BCUT2D eigenvalue weighted by atomic mass is 9.86. The van der Waals surface area contributed by atoms with E-state index in [0.29, 0.717) is 22.2 Å². The molecule has 5 heterocycles. The van der Waals surface area contributed by atoms with Crippen LogP contribution in [0.25, 0.3) is 39.5 Å². The van der Waals surface area contributed by atoms with Crippen LogP contribution < -0.4 is 16.3 Å². The van der Waals surface area contributed by atoms with Crippen LogP contribution in [0.15, 0.2) is 23.4 Å². The number of aryl methyl sites for hydroxylation is 1. The molecule has 4 aromatic rings. The molecule has 1 aliphatic heterocycles. The van der Waals surface area contributed by atoms with E-state index in [1.54, 1.807) is 17.4 Å². The summed E-state index contributed by atoms with van der Waals surface area (Å²) in [6.45, 7) is 4.56. The smallest absolute Gasteiger partial charge is 0.343 e. The number of aliphatic hydroxyl groups is 1. The normalized spacial score (nSPS) is 19.2. The van der Waals surface area contributed by atoms with Gasteiger partial charge in [-0.3, -0.25) is 9.20 Å². The Bertz CT molecular complexity index is 1700. The maximum absolute atomic E-state index is 13.5. The number of carbonyl (C=O) groups excluding carboxylic acids is 1. The van der Waals surface area contributed by atoms with Crippen molar-refractivity contribution < 1.29 is 14.6 Å². The maximum Gasteiger partial charge on any atom is 0.343 e. The second kappa shape index (κ2) is 7.50. The quantitative estimate of drug-likeness (QED) is 0.363. The van der Waals surface area contributed by atoms with Crippen molar-refractivity contribution in [1.29, 1.82) is 0 Å². The van der Waals surface area contributed by atoms with Crippen LogP contribution in [0, 0.1) is 0 Å². The molecular weight excluding hydrogens is 432 g/mol. The van der Waals surface area contributed by atoms with E-state index in [-0.39, 0.29) is 18.6 Å². The molecule has 1 atom stereocenters. The number of rotatable bonds is 5. The zero-order valence-electron chi connectivity index (χ0n) is 19.3. The zero-order valence-corrected chi connectivity index (χ0v) is 19.3. The van der Waals surface area contributed by atoms with Gasteiger partial charge in [0.2, 0.25) is 0 Å². The summed E-state index contributed by atoms with van der Waals surface area (Å²) in [5.41, 5.74) is 0.768. The summed E-state index contributed by atoms with van der Waals surface area (Å²) in [5, 5.41) is 14.7. The standard InChI is InChI=1S/C26H26N4O4/c1-3-5-6-10-29-14-27-18-8-7-9-19-21(18)23(29)15-12-30-20(22(15)28-19)11-17-16(24(30)31)13-34-25(32)26(17,33)4-2/h8-9,11-12,14,33H,3-7,10,13H2,1-2H3/t26-/m0/s1. The number of hydrogen-bond donors (Lipinski definition) is 1. The van der Waals surface area contributed by atoms with Crippen molar-refractivity contribution in [2.45, 2.75) is 64.7 Å². The molecule has 8 heteroatoms. The Labute approximate surface area is 194 Å². The van der Waals surface area contributed by atoms with Crippen molar-refractivity contribution in [1.82, 2.24) is 18.9 Å². The van der Waals surface area contributed by atoms with Crippen molar-refractivity contribution >= 4 is 45.4 Å². The largest absolute Gasteiger partial charge is 0.458 e. The number of fused-ring (bicyclic) bond motifs is 5. The molecule has 0 aromatic carbocycles. The average Bonchev–Trinajstić information content (AvgIpc) is 3.22. The lowest BCUT2D eigenvalue weighted by Gasteiger charge is -2.31. The highest BCUT2D eigenvalue weighted by Gasteiger charge is 2.44. The van der Waals surface area contributed by atoms with E-state index < -0.39 is 11.6 Å². The number of hydrogen-bond acceptors (Lipinski definition) is 6. The highest BCUT2D eigenvalue weighted by molar-refractivity contribution is 6.09. The van der Waals surface area contributed by atoms with Gasteiger partial charge >= 0.3 is 5.97 Å². The van der Waals surface area contributed by atoms with Crippen LogP contribution in [0.5, 0.6) is 0 Å². The first-order valence-corrected chi connectivity index (χ1v) is 11.9. The summed E-state index contributed by atoms with van der Waals surface area (Å²) in [6, 6.07) is 1.74. The monoisotopic (exact) mass is 458 g/mol. The number of unbranched alkanes of at least 4 members (excludes halogenated alkanes) is 2. The van der Waals surface area contributed by atoms with Gasteiger partial charge in [0.25, 0.3) is 5.56 Å². The Morgan fingerprint density at radius 2 is 2.00 bits per heavy atom. The molecule has 0 spiro atoms. The van der Waals surface area contributed by atoms with E-state index >= 15 is 0 Å². The Balaban J connectivity index is 1.75. The van der Waals surface area contributed by atoms with Crippen molar-refractivity contribution in [2.75, 3.05) is 0 Å². The Morgan fingerprint density at radius 3 is 2.79 bits per heavy atom. The van der Waals surface area contributed by atoms with Gasteiger partial charge in [0.1, 0.15) is 6.61 Å². The summed E-state index contributed by atoms with van der Waals surface area (Å²) in [4.78, 5) is 35.6. The molecule has 174 valence electrons. The maximum atomic E-state index is 13.5. The molecule has 4 aromatic heterocycles. The van der Waals surface area contributed by atoms with Gasteiger partial charge in [0, 0.05) is 29.1 Å². The first kappa shape index (κ1) is 21.0. The van der Waals surface area contributed by atoms with Gasteiger partial charge in [-0.05, 0) is 25.3 Å². The van der Waals surface area contributed by atoms with Crippen molar-refractivity contribution in [3.63, 3.8) is 0 Å². The molecule has 8 nitrogen and oxygen atoms in total. The second-order valence-electron chi connectivity index (χ2n) is 9.17. The van der Waals surface area contributed by atoms with E-state index in [0.717, 1.165) is 59.2 Å². The summed E-state index contributed by atoms with van der Waals surface area (Å²) in [7, 11) is 0. The molecule has 0 radical (unpaired) electrons. The molecule has 0 unspecified atom stereocenters. The van der Waals surface area contributed by atoms with Crippen LogP contribution in [0.3, 0.4) is 0 Å². The molecular formula is C26H26N4O4.